The second-order valence-corrected chi connectivity index (χ2v) is 6.73. The van der Waals surface area contributed by atoms with Crippen LogP contribution in [0.4, 0.5) is 10.5 Å². The van der Waals surface area contributed by atoms with Crippen LogP contribution in [0.2, 0.25) is 0 Å². The number of phenols is 1. The van der Waals surface area contributed by atoms with Crippen LogP contribution in [0.5, 0.6) is 5.75 Å². The fourth-order valence-electron chi connectivity index (χ4n) is 2.34. The molecule has 1 atom stereocenters. The first-order valence-corrected chi connectivity index (χ1v) is 7.73. The molecule has 2 N–H and O–H groups in total. The molecule has 0 aliphatic carbocycles. The van der Waals surface area contributed by atoms with Gasteiger partial charge in [-0.05, 0) is 46.2 Å². The molecule has 0 saturated carbocycles. The molecular weight excluding hydrogens is 312 g/mol. The van der Waals surface area contributed by atoms with E-state index in [4.69, 9.17) is 4.74 Å². The van der Waals surface area contributed by atoms with Gasteiger partial charge in [0.25, 0.3) is 0 Å². The highest BCUT2D eigenvalue weighted by Crippen LogP contribution is 2.29. The molecule has 2 amide bonds. The highest BCUT2D eigenvalue weighted by molar-refractivity contribution is 6.02. The number of phenolic OH excluding ortho intramolecular Hbond substituents is 1. The zero-order valence-electron chi connectivity index (χ0n) is 14.3. The molecule has 1 aliphatic heterocycles. The molecule has 1 fully saturated rings. The van der Waals surface area contributed by atoms with Crippen LogP contribution in [0.15, 0.2) is 18.2 Å². The summed E-state index contributed by atoms with van der Waals surface area (Å²) in [5, 5.41) is 12.6. The van der Waals surface area contributed by atoms with Gasteiger partial charge in [-0.2, -0.15) is 0 Å². The van der Waals surface area contributed by atoms with Crippen molar-refractivity contribution in [1.82, 2.24) is 4.90 Å². The number of anilines is 1. The quantitative estimate of drug-likeness (QED) is 0.654. The molecule has 0 aromatic heterocycles. The number of carbonyl (C=O) groups excluding carboxylic acids is 3. The lowest BCUT2D eigenvalue weighted by Gasteiger charge is -2.40. The minimum Gasteiger partial charge on any atom is -0.505 e. The number of para-hydroxylation sites is 1. The zero-order valence-corrected chi connectivity index (χ0v) is 14.3. The van der Waals surface area contributed by atoms with Crippen LogP contribution >= 0.6 is 0 Å². The van der Waals surface area contributed by atoms with Crippen molar-refractivity contribution in [3.63, 3.8) is 0 Å². The van der Waals surface area contributed by atoms with Gasteiger partial charge in [0.1, 0.15) is 17.4 Å². The molecule has 7 heteroatoms. The number of benzene rings is 1. The Hall–Kier alpha value is -2.57. The number of Topliss-reactive ketones (excluding diaryl/α,β-unsaturated/α-hetero) is 1. The Morgan fingerprint density at radius 3 is 2.46 bits per heavy atom. The molecule has 0 bridgehead atoms. The third-order valence-corrected chi connectivity index (χ3v) is 3.62. The van der Waals surface area contributed by atoms with Crippen LogP contribution in [0.1, 0.15) is 44.5 Å². The van der Waals surface area contributed by atoms with Crippen LogP contribution < -0.4 is 5.32 Å². The molecule has 1 aromatic carbocycles. The summed E-state index contributed by atoms with van der Waals surface area (Å²) >= 11 is 0. The monoisotopic (exact) mass is 334 g/mol. The summed E-state index contributed by atoms with van der Waals surface area (Å²) in [7, 11) is 0. The Morgan fingerprint density at radius 2 is 1.96 bits per heavy atom. The lowest BCUT2D eigenvalue weighted by atomic mass is 10.0. The largest absolute Gasteiger partial charge is 0.505 e. The smallest absolute Gasteiger partial charge is 0.410 e. The van der Waals surface area contributed by atoms with E-state index in [1.54, 1.807) is 26.8 Å². The van der Waals surface area contributed by atoms with Crippen LogP contribution in [-0.4, -0.2) is 46.0 Å². The van der Waals surface area contributed by atoms with E-state index in [-0.39, 0.29) is 22.8 Å². The molecule has 1 saturated heterocycles. The molecule has 0 radical (unpaired) electrons. The third-order valence-electron chi connectivity index (χ3n) is 3.62. The number of likely N-dealkylation sites (tertiary alicyclic amines) is 1. The number of nitrogens with zero attached hydrogens (tertiary/aromatic N) is 1. The Kier molecular flexibility index (Phi) is 4.82. The molecular formula is C17H22N2O5. The number of ether oxygens (including phenoxy) is 1. The van der Waals surface area contributed by atoms with E-state index in [1.807, 2.05) is 0 Å². The second kappa shape index (κ2) is 6.51. The van der Waals surface area contributed by atoms with Gasteiger partial charge in [-0.3, -0.25) is 14.5 Å². The Bertz CT molecular complexity index is 678. The fraction of sp³-hybridized carbons (Fsp3) is 0.471. The van der Waals surface area contributed by atoms with E-state index in [2.05, 4.69) is 5.32 Å². The number of rotatable bonds is 3. The average molecular weight is 334 g/mol. The van der Waals surface area contributed by atoms with Crippen molar-refractivity contribution in [2.45, 2.75) is 45.8 Å². The summed E-state index contributed by atoms with van der Waals surface area (Å²) in [6, 6.07) is 3.89. The van der Waals surface area contributed by atoms with E-state index >= 15 is 0 Å². The molecule has 2 rings (SSSR count). The predicted octanol–water partition coefficient (Wildman–Crippen LogP) is 2.54. The summed E-state index contributed by atoms with van der Waals surface area (Å²) in [4.78, 5) is 37.2. The normalized spacial score (nSPS) is 17.0. The summed E-state index contributed by atoms with van der Waals surface area (Å²) in [6.07, 6.45) is -0.0336. The fourth-order valence-corrected chi connectivity index (χ4v) is 2.34. The molecule has 24 heavy (non-hydrogen) atoms. The first-order chi connectivity index (χ1) is 11.1. The van der Waals surface area contributed by atoms with E-state index in [0.717, 1.165) is 0 Å². The van der Waals surface area contributed by atoms with Gasteiger partial charge in [-0.25, -0.2) is 4.79 Å². The van der Waals surface area contributed by atoms with E-state index < -0.39 is 23.6 Å². The highest BCUT2D eigenvalue weighted by Gasteiger charge is 2.40. The van der Waals surface area contributed by atoms with Gasteiger partial charge in [0.15, 0.2) is 5.78 Å². The van der Waals surface area contributed by atoms with Crippen molar-refractivity contribution in [2.75, 3.05) is 11.9 Å². The topological polar surface area (TPSA) is 95.9 Å². The maximum atomic E-state index is 12.4. The number of hydrogen-bond donors (Lipinski definition) is 2. The number of carbonyl (C=O) groups is 3. The number of aromatic hydroxyl groups is 1. The first kappa shape index (κ1) is 17.8. The number of hydrogen-bond acceptors (Lipinski definition) is 5. The lowest BCUT2D eigenvalue weighted by molar-refractivity contribution is -0.125. The van der Waals surface area contributed by atoms with Gasteiger partial charge in [0.05, 0.1) is 11.3 Å². The lowest BCUT2D eigenvalue weighted by Crippen LogP contribution is -2.57. The van der Waals surface area contributed by atoms with Crippen LogP contribution in [0.25, 0.3) is 0 Å². The first-order valence-electron chi connectivity index (χ1n) is 7.73. The Labute approximate surface area is 140 Å². The van der Waals surface area contributed by atoms with Crippen molar-refractivity contribution in [3.05, 3.63) is 23.8 Å². The predicted molar refractivity (Wildman–Crippen MR) is 88.1 cm³/mol. The number of amides is 2. The Balaban J connectivity index is 2.07. The minimum absolute atomic E-state index is 0.130. The van der Waals surface area contributed by atoms with Gasteiger partial charge in [0.2, 0.25) is 5.91 Å². The van der Waals surface area contributed by atoms with Crippen molar-refractivity contribution in [1.29, 1.82) is 0 Å². The molecule has 0 spiro atoms. The van der Waals surface area contributed by atoms with Crippen LogP contribution in [0, 0.1) is 0 Å². The summed E-state index contributed by atoms with van der Waals surface area (Å²) in [5.41, 5.74) is -0.365. The van der Waals surface area contributed by atoms with Gasteiger partial charge < -0.3 is 15.2 Å². The SMILES string of the molecule is CC(=O)c1cccc(NC(=O)[C@H]2CCN2C(=O)OC(C)(C)C)c1O. The second-order valence-electron chi connectivity index (χ2n) is 6.73. The van der Waals surface area contributed by atoms with E-state index in [0.29, 0.717) is 13.0 Å². The Morgan fingerprint density at radius 1 is 1.29 bits per heavy atom. The van der Waals surface area contributed by atoms with Crippen LogP contribution in [-0.2, 0) is 9.53 Å². The van der Waals surface area contributed by atoms with Crippen molar-refractivity contribution in [3.8, 4) is 5.75 Å². The standard InChI is InChI=1S/C17H22N2O5/c1-10(20)11-6-5-7-12(14(11)21)18-15(22)13-8-9-19(13)16(23)24-17(2,3)4/h5-7,13,21H,8-9H2,1-4H3,(H,18,22)/t13-/m1/s1. The van der Waals surface area contributed by atoms with E-state index in [9.17, 15) is 19.5 Å². The van der Waals surface area contributed by atoms with Gasteiger partial charge in [-0.1, -0.05) is 6.07 Å². The number of ketones is 1. The maximum absolute atomic E-state index is 12.4. The molecule has 130 valence electrons. The molecule has 1 heterocycles. The van der Waals surface area contributed by atoms with Gasteiger partial charge >= 0.3 is 6.09 Å². The zero-order chi connectivity index (χ0) is 18.1. The molecule has 7 nitrogen and oxygen atoms in total. The van der Waals surface area contributed by atoms with Crippen molar-refractivity contribution in [2.24, 2.45) is 0 Å². The summed E-state index contributed by atoms with van der Waals surface area (Å²) in [6.45, 7) is 7.03. The van der Waals surface area contributed by atoms with Gasteiger partial charge in [-0.15, -0.1) is 0 Å². The van der Waals surface area contributed by atoms with Crippen molar-refractivity contribution < 1.29 is 24.2 Å². The van der Waals surface area contributed by atoms with E-state index in [1.165, 1.54) is 24.0 Å². The highest BCUT2D eigenvalue weighted by atomic mass is 16.6. The minimum atomic E-state index is -0.653. The molecule has 0 unspecified atom stereocenters. The molecule has 1 aromatic rings. The summed E-state index contributed by atoms with van der Waals surface area (Å²) in [5.74, 6) is -1.01. The molecule has 1 aliphatic rings. The average Bonchev–Trinajstić information content (AvgIpc) is 2.37. The maximum Gasteiger partial charge on any atom is 0.410 e. The van der Waals surface area contributed by atoms with Gasteiger partial charge in [0, 0.05) is 6.54 Å². The van der Waals surface area contributed by atoms with Crippen molar-refractivity contribution >= 4 is 23.5 Å². The summed E-state index contributed by atoms with van der Waals surface area (Å²) < 4.78 is 5.26. The number of nitrogens with one attached hydrogen (secondary N) is 1. The van der Waals surface area contributed by atoms with Crippen LogP contribution in [0.3, 0.4) is 0 Å². The third kappa shape index (κ3) is 3.84.